The molecular weight excluding hydrogens is 216 g/mol. The molecule has 9 heteroatoms. The molecule has 0 rings (SSSR count). The summed E-state index contributed by atoms with van der Waals surface area (Å²) in [6, 6.07) is 0. The molecule has 0 saturated heterocycles. The summed E-state index contributed by atoms with van der Waals surface area (Å²) in [6.07, 6.45) is -0.167. The molecule has 0 aliphatic carbocycles. The predicted octanol–water partition coefficient (Wildman–Crippen LogP) is -11.4. The second kappa shape index (κ2) is 16.5. The van der Waals surface area contributed by atoms with Crippen molar-refractivity contribution >= 4 is 7.82 Å². The van der Waals surface area contributed by atoms with Crippen molar-refractivity contribution in [3.05, 3.63) is 0 Å². The zero-order valence-corrected chi connectivity index (χ0v) is 15.0. The fourth-order valence-electron chi connectivity index (χ4n) is 0. The number of aliphatic hydroxyl groups excluding tert-OH is 1. The minimum Gasteiger partial charge on any atom is -0.822 e. The summed E-state index contributed by atoms with van der Waals surface area (Å²) in [5.41, 5.74) is 0. The van der Waals surface area contributed by atoms with Gasteiger partial charge in [0.05, 0.1) is 0 Å². The van der Waals surface area contributed by atoms with E-state index in [-0.39, 0.29) is 94.8 Å². The quantitative estimate of drug-likeness (QED) is 0.324. The minimum atomic E-state index is -5.39. The summed E-state index contributed by atoms with van der Waals surface area (Å²) in [6.45, 7) is 3.44. The molecule has 0 bridgehead atoms. The van der Waals surface area contributed by atoms with E-state index in [0.717, 1.165) is 0 Å². The molecule has 0 aromatic carbocycles. The summed E-state index contributed by atoms with van der Waals surface area (Å²) in [5, 5.41) is 8.06. The maximum absolute atomic E-state index is 8.55. The van der Waals surface area contributed by atoms with Gasteiger partial charge in [-0.2, -0.15) is 7.82 Å². The Morgan fingerprint density at radius 3 is 1.08 bits per heavy atom. The summed E-state index contributed by atoms with van der Waals surface area (Å²) < 4.78 is 8.55. The first kappa shape index (κ1) is 29.4. The number of aliphatic hydroxyl groups is 1. The Balaban J connectivity index is -0.0000000221. The third-order valence-electron chi connectivity index (χ3n) is 0. The summed E-state index contributed by atoms with van der Waals surface area (Å²) in [7, 11) is -5.39. The average Bonchev–Trinajstić information content (AvgIpc) is 1.19. The minimum absolute atomic E-state index is 0. The van der Waals surface area contributed by atoms with Crippen LogP contribution in [0.2, 0.25) is 0 Å². The monoisotopic (exact) mass is 224 g/mol. The Kier molecular flexibility index (Phi) is 40.4. The van der Waals surface area contributed by atoms with Gasteiger partial charge in [-0.15, -0.1) is 0 Å². The molecule has 0 fully saturated rings. The Bertz CT molecular complexity index is 93.1. The van der Waals surface area contributed by atoms with E-state index in [1.165, 1.54) is 0 Å². The van der Waals surface area contributed by atoms with Crippen LogP contribution in [-0.4, -0.2) is 11.2 Å². The fraction of sp³-hybridized carbons (Fsp3) is 1.00. The zero-order chi connectivity index (χ0) is 8.08. The van der Waals surface area contributed by atoms with Crippen LogP contribution in [0.1, 0.15) is 13.8 Å². The molecule has 0 radical (unpaired) electrons. The SMILES string of the molecule is CC(C)O.O=P([O-])([O-])[O-].[Na+].[Na+].[Na+]. The third-order valence-corrected chi connectivity index (χ3v) is 0. The van der Waals surface area contributed by atoms with Crippen molar-refractivity contribution in [3.63, 3.8) is 0 Å². The molecule has 0 aliphatic rings. The molecule has 12 heavy (non-hydrogen) atoms. The van der Waals surface area contributed by atoms with Crippen LogP contribution < -0.4 is 103 Å². The topological polar surface area (TPSA) is 106 Å². The van der Waals surface area contributed by atoms with Crippen LogP contribution in [0.5, 0.6) is 0 Å². The Labute approximate surface area is 138 Å². The third kappa shape index (κ3) is 202. The molecule has 1 N–H and O–H groups in total. The first-order valence-electron chi connectivity index (χ1n) is 2.14. The molecule has 0 aliphatic heterocycles. The van der Waals surface area contributed by atoms with E-state index in [1.54, 1.807) is 13.8 Å². The number of rotatable bonds is 0. The van der Waals surface area contributed by atoms with Gasteiger partial charge in [0.1, 0.15) is 0 Å². The van der Waals surface area contributed by atoms with Gasteiger partial charge in [-0.05, 0) is 13.8 Å². The van der Waals surface area contributed by atoms with Gasteiger partial charge in [0.15, 0.2) is 0 Å². The van der Waals surface area contributed by atoms with Gasteiger partial charge >= 0.3 is 88.7 Å². The molecular formula is C3H8Na3O5P. The van der Waals surface area contributed by atoms with Crippen molar-refractivity contribution in [2.45, 2.75) is 20.0 Å². The summed E-state index contributed by atoms with van der Waals surface area (Å²) >= 11 is 0. The van der Waals surface area contributed by atoms with Gasteiger partial charge in [-0.25, -0.2) is 0 Å². The maximum Gasteiger partial charge on any atom is 1.00 e. The molecule has 0 saturated carbocycles. The largest absolute Gasteiger partial charge is 1.00 e. The Morgan fingerprint density at radius 2 is 1.08 bits per heavy atom. The molecule has 5 nitrogen and oxygen atoms in total. The predicted molar refractivity (Wildman–Crippen MR) is 25.0 cm³/mol. The number of hydrogen-bond donors (Lipinski definition) is 1. The second-order valence-electron chi connectivity index (χ2n) is 1.54. The smallest absolute Gasteiger partial charge is 0.822 e. The number of phosphoric acid groups is 1. The second-order valence-corrected chi connectivity index (χ2v) is 2.44. The van der Waals surface area contributed by atoms with Crippen LogP contribution >= 0.6 is 7.82 Å². The van der Waals surface area contributed by atoms with E-state index in [2.05, 4.69) is 0 Å². The first-order chi connectivity index (χ1) is 3.73. The van der Waals surface area contributed by atoms with E-state index >= 15 is 0 Å². The van der Waals surface area contributed by atoms with Crippen LogP contribution in [0.15, 0.2) is 0 Å². The van der Waals surface area contributed by atoms with Crippen molar-refractivity contribution in [2.24, 2.45) is 0 Å². The first-order valence-corrected chi connectivity index (χ1v) is 3.60. The van der Waals surface area contributed by atoms with Crippen molar-refractivity contribution in [3.8, 4) is 0 Å². The average molecular weight is 224 g/mol. The van der Waals surface area contributed by atoms with E-state index < -0.39 is 7.82 Å². The molecule has 0 aromatic heterocycles. The van der Waals surface area contributed by atoms with Crippen molar-refractivity contribution in [1.29, 1.82) is 0 Å². The fourth-order valence-corrected chi connectivity index (χ4v) is 0. The van der Waals surface area contributed by atoms with Crippen LogP contribution in [-0.2, 0) is 4.57 Å². The van der Waals surface area contributed by atoms with E-state index in [0.29, 0.717) is 0 Å². The van der Waals surface area contributed by atoms with Gasteiger partial charge in [-0.1, -0.05) is 0 Å². The molecule has 0 aromatic rings. The molecule has 0 atom stereocenters. The van der Waals surface area contributed by atoms with Crippen LogP contribution in [0.3, 0.4) is 0 Å². The van der Waals surface area contributed by atoms with Crippen LogP contribution in [0, 0.1) is 0 Å². The van der Waals surface area contributed by atoms with E-state index in [4.69, 9.17) is 24.4 Å². The zero-order valence-electron chi connectivity index (χ0n) is 8.10. The van der Waals surface area contributed by atoms with Crippen LogP contribution in [0.4, 0.5) is 0 Å². The normalized spacial score (nSPS) is 7.92. The summed E-state index contributed by atoms with van der Waals surface area (Å²) in [4.78, 5) is 25.6. The van der Waals surface area contributed by atoms with Crippen LogP contribution in [0.25, 0.3) is 0 Å². The van der Waals surface area contributed by atoms with Crippen molar-refractivity contribution < 1.29 is 113 Å². The van der Waals surface area contributed by atoms with E-state index in [1.807, 2.05) is 0 Å². The van der Waals surface area contributed by atoms with Gasteiger partial charge < -0.3 is 24.4 Å². The summed E-state index contributed by atoms with van der Waals surface area (Å²) in [5.74, 6) is 0. The molecule has 58 valence electrons. The van der Waals surface area contributed by atoms with Gasteiger partial charge in [0.25, 0.3) is 0 Å². The van der Waals surface area contributed by atoms with Gasteiger partial charge in [-0.3, -0.25) is 0 Å². The van der Waals surface area contributed by atoms with Crippen molar-refractivity contribution in [1.82, 2.24) is 0 Å². The standard InChI is InChI=1S/C3H8O.3Na.H3O4P/c1-3(2)4;;;;1-5(2,3)4/h3-4H,1-2H3;;;;(H3,1,2,3,4)/q;3*+1;/p-3. The van der Waals surface area contributed by atoms with Crippen molar-refractivity contribution in [2.75, 3.05) is 0 Å². The molecule has 0 unspecified atom stereocenters. The van der Waals surface area contributed by atoms with Gasteiger partial charge in [0, 0.05) is 6.10 Å². The molecule has 0 amide bonds. The number of hydrogen-bond acceptors (Lipinski definition) is 5. The van der Waals surface area contributed by atoms with Gasteiger partial charge in [0.2, 0.25) is 0 Å². The van der Waals surface area contributed by atoms with E-state index in [9.17, 15) is 0 Å². The maximum atomic E-state index is 8.55. The Hall–Kier alpha value is 3.07. The molecule has 0 heterocycles. The Morgan fingerprint density at radius 1 is 1.08 bits per heavy atom. The molecule has 0 spiro atoms.